The van der Waals surface area contributed by atoms with Crippen LogP contribution in [-0.4, -0.2) is 35.8 Å². The Bertz CT molecular complexity index is 1460. The fourth-order valence-electron chi connectivity index (χ4n) is 4.84. The van der Waals surface area contributed by atoms with Crippen LogP contribution in [-0.2, 0) is 10.2 Å². The Morgan fingerprint density at radius 3 is 2.21 bits per heavy atom. The highest BCUT2D eigenvalue weighted by Crippen LogP contribution is 2.45. The van der Waals surface area contributed by atoms with Crippen LogP contribution in [0.25, 0.3) is 11.3 Å². The molecule has 4 aromatic rings. The first-order valence-electron chi connectivity index (χ1n) is 12.7. The lowest BCUT2D eigenvalue weighted by atomic mass is 9.85. The Hall–Kier alpha value is -4.39. The van der Waals surface area contributed by atoms with Crippen molar-refractivity contribution in [3.8, 4) is 17.0 Å². The minimum Gasteiger partial charge on any atom is -0.497 e. The van der Waals surface area contributed by atoms with E-state index < -0.39 is 12.0 Å². The third kappa shape index (κ3) is 4.45. The Morgan fingerprint density at radius 1 is 0.974 bits per heavy atom. The van der Waals surface area contributed by atoms with Crippen LogP contribution in [0, 0.1) is 0 Å². The highest BCUT2D eigenvalue weighted by molar-refractivity contribution is 6.12. The van der Waals surface area contributed by atoms with Gasteiger partial charge in [0, 0.05) is 16.8 Å². The van der Waals surface area contributed by atoms with E-state index in [0.717, 1.165) is 22.4 Å². The van der Waals surface area contributed by atoms with Crippen molar-refractivity contribution in [1.29, 1.82) is 0 Å². The summed E-state index contributed by atoms with van der Waals surface area (Å²) < 4.78 is 10.4. The van der Waals surface area contributed by atoms with Crippen molar-refractivity contribution in [1.82, 2.24) is 10.2 Å². The molecule has 1 atom stereocenters. The molecule has 0 saturated heterocycles. The number of H-pyrrole nitrogens is 1. The molecule has 0 radical (unpaired) electrons. The Labute approximate surface area is 222 Å². The van der Waals surface area contributed by atoms with Crippen LogP contribution in [0.3, 0.4) is 0 Å². The van der Waals surface area contributed by atoms with Gasteiger partial charge >= 0.3 is 5.97 Å². The standard InChI is InChI=1S/C31H31N3O4/c1-6-38-30(36)21-9-15-23(16-10-21)34-28(20-7-13-22(14-8-20)31(2,3)4)25-26(32-33-27(25)29(34)35)19-11-17-24(37-5)18-12-19/h7-18,28H,6H2,1-5H3,(H,32,33)/t28-/m1/s1. The topological polar surface area (TPSA) is 84.5 Å². The van der Waals surface area contributed by atoms with Gasteiger partial charge < -0.3 is 9.47 Å². The molecule has 0 bridgehead atoms. The molecule has 0 aliphatic carbocycles. The van der Waals surface area contributed by atoms with Crippen LogP contribution in [0.4, 0.5) is 5.69 Å². The molecule has 5 rings (SSSR count). The van der Waals surface area contributed by atoms with Crippen molar-refractivity contribution < 1.29 is 19.1 Å². The summed E-state index contributed by atoms with van der Waals surface area (Å²) in [6.07, 6.45) is 0. The number of rotatable bonds is 6. The number of ether oxygens (including phenoxy) is 2. The monoisotopic (exact) mass is 509 g/mol. The molecule has 1 amide bonds. The first-order chi connectivity index (χ1) is 18.2. The van der Waals surface area contributed by atoms with Crippen molar-refractivity contribution in [3.63, 3.8) is 0 Å². The predicted octanol–water partition coefficient (Wildman–Crippen LogP) is 6.31. The molecule has 7 nitrogen and oxygen atoms in total. The highest BCUT2D eigenvalue weighted by atomic mass is 16.5. The quantitative estimate of drug-likeness (QED) is 0.308. The summed E-state index contributed by atoms with van der Waals surface area (Å²) in [4.78, 5) is 27.8. The molecular weight excluding hydrogens is 478 g/mol. The lowest BCUT2D eigenvalue weighted by molar-refractivity contribution is 0.0526. The van der Waals surface area contributed by atoms with E-state index in [9.17, 15) is 9.59 Å². The number of carbonyl (C=O) groups excluding carboxylic acids is 2. The third-order valence-electron chi connectivity index (χ3n) is 6.88. The number of esters is 1. The first-order valence-corrected chi connectivity index (χ1v) is 12.7. The van der Waals surface area contributed by atoms with Gasteiger partial charge in [0.25, 0.3) is 5.91 Å². The van der Waals surface area contributed by atoms with Crippen molar-refractivity contribution in [2.24, 2.45) is 0 Å². The minimum absolute atomic E-state index is 0.00168. The number of nitrogens with zero attached hydrogens (tertiary/aromatic N) is 2. The second kappa shape index (κ2) is 9.82. The average molecular weight is 510 g/mol. The molecule has 194 valence electrons. The van der Waals surface area contributed by atoms with E-state index in [-0.39, 0.29) is 11.3 Å². The zero-order chi connectivity index (χ0) is 27.0. The van der Waals surface area contributed by atoms with Gasteiger partial charge in [-0.3, -0.25) is 14.8 Å². The summed E-state index contributed by atoms with van der Waals surface area (Å²) in [5.41, 5.74) is 6.16. The molecule has 1 aliphatic heterocycles. The third-order valence-corrected chi connectivity index (χ3v) is 6.88. The van der Waals surface area contributed by atoms with E-state index in [1.807, 2.05) is 24.3 Å². The minimum atomic E-state index is -0.407. The summed E-state index contributed by atoms with van der Waals surface area (Å²) in [5, 5.41) is 7.56. The fourth-order valence-corrected chi connectivity index (χ4v) is 4.84. The average Bonchev–Trinajstić information content (AvgIpc) is 3.47. The fraction of sp³-hybridized carbons (Fsp3) is 0.258. The summed E-state index contributed by atoms with van der Waals surface area (Å²) in [6.45, 7) is 8.60. The van der Waals surface area contributed by atoms with Crippen LogP contribution < -0.4 is 9.64 Å². The van der Waals surface area contributed by atoms with Crippen molar-refractivity contribution in [2.75, 3.05) is 18.6 Å². The second-order valence-corrected chi connectivity index (χ2v) is 10.3. The van der Waals surface area contributed by atoms with Crippen molar-refractivity contribution in [3.05, 3.63) is 101 Å². The van der Waals surface area contributed by atoms with Crippen LogP contribution in [0.2, 0.25) is 0 Å². The number of hydrogen-bond donors (Lipinski definition) is 1. The summed E-state index contributed by atoms with van der Waals surface area (Å²) in [7, 11) is 1.63. The lowest BCUT2D eigenvalue weighted by Crippen LogP contribution is -2.29. The number of aromatic amines is 1. The van der Waals surface area contributed by atoms with Gasteiger partial charge in [-0.1, -0.05) is 45.0 Å². The summed E-state index contributed by atoms with van der Waals surface area (Å²) >= 11 is 0. The van der Waals surface area contributed by atoms with Gasteiger partial charge in [-0.15, -0.1) is 0 Å². The number of anilines is 1. The van der Waals surface area contributed by atoms with Gasteiger partial charge in [0.05, 0.1) is 31.0 Å². The molecule has 7 heteroatoms. The molecule has 0 spiro atoms. The number of amides is 1. The molecule has 0 fully saturated rings. The Morgan fingerprint density at radius 2 is 1.63 bits per heavy atom. The van der Waals surface area contributed by atoms with E-state index >= 15 is 0 Å². The van der Waals surface area contributed by atoms with Gasteiger partial charge in [-0.2, -0.15) is 5.10 Å². The van der Waals surface area contributed by atoms with Crippen LogP contribution >= 0.6 is 0 Å². The van der Waals surface area contributed by atoms with Gasteiger partial charge in [-0.25, -0.2) is 4.79 Å². The molecule has 2 heterocycles. The van der Waals surface area contributed by atoms with E-state index in [1.54, 1.807) is 43.2 Å². The normalized spacial score (nSPS) is 14.9. The number of nitrogens with one attached hydrogen (secondary N) is 1. The molecule has 1 aromatic heterocycles. The van der Waals surface area contributed by atoms with Gasteiger partial charge in [0.1, 0.15) is 11.4 Å². The van der Waals surface area contributed by atoms with Crippen LogP contribution in [0.5, 0.6) is 5.75 Å². The molecule has 38 heavy (non-hydrogen) atoms. The molecule has 3 aromatic carbocycles. The SMILES string of the molecule is CCOC(=O)c1ccc(N2C(=O)c3[nH]nc(-c4ccc(OC)cc4)c3[C@H]2c2ccc(C(C)(C)C)cc2)cc1. The maximum Gasteiger partial charge on any atom is 0.338 e. The number of methoxy groups -OCH3 is 1. The van der Waals surface area contributed by atoms with E-state index in [0.29, 0.717) is 29.2 Å². The van der Waals surface area contributed by atoms with Gasteiger partial charge in [0.2, 0.25) is 0 Å². The number of aromatic nitrogens is 2. The van der Waals surface area contributed by atoms with Gasteiger partial charge in [0.15, 0.2) is 0 Å². The molecular formula is C31H31N3O4. The molecule has 0 unspecified atom stereocenters. The highest BCUT2D eigenvalue weighted by Gasteiger charge is 2.43. The second-order valence-electron chi connectivity index (χ2n) is 10.3. The Kier molecular flexibility index (Phi) is 6.53. The van der Waals surface area contributed by atoms with E-state index in [2.05, 4.69) is 55.2 Å². The lowest BCUT2D eigenvalue weighted by Gasteiger charge is -2.27. The van der Waals surface area contributed by atoms with Crippen molar-refractivity contribution in [2.45, 2.75) is 39.2 Å². The van der Waals surface area contributed by atoms with Crippen molar-refractivity contribution >= 4 is 17.6 Å². The summed E-state index contributed by atoms with van der Waals surface area (Å²) in [5.74, 6) is 0.174. The summed E-state index contributed by atoms with van der Waals surface area (Å²) in [6, 6.07) is 22.6. The zero-order valence-electron chi connectivity index (χ0n) is 22.2. The maximum atomic E-state index is 13.8. The number of hydrogen-bond acceptors (Lipinski definition) is 5. The number of carbonyl (C=O) groups is 2. The molecule has 0 saturated carbocycles. The van der Waals surface area contributed by atoms with E-state index in [4.69, 9.17) is 9.47 Å². The maximum absolute atomic E-state index is 13.8. The van der Waals surface area contributed by atoms with E-state index in [1.165, 1.54) is 5.56 Å². The van der Waals surface area contributed by atoms with Gasteiger partial charge in [-0.05, 0) is 72.0 Å². The molecule has 1 aliphatic rings. The number of fused-ring (bicyclic) bond motifs is 1. The first kappa shape index (κ1) is 25.3. The van der Waals surface area contributed by atoms with Crippen LogP contribution in [0.1, 0.15) is 71.3 Å². The van der Waals surface area contributed by atoms with Crippen LogP contribution in [0.15, 0.2) is 72.8 Å². The predicted molar refractivity (Wildman–Crippen MR) is 147 cm³/mol. The smallest absolute Gasteiger partial charge is 0.338 e. The molecule has 1 N–H and O–H groups in total. The largest absolute Gasteiger partial charge is 0.497 e. The Balaban J connectivity index is 1.62. The zero-order valence-corrected chi connectivity index (χ0v) is 22.2. The number of benzene rings is 3.